The molecule has 0 atom stereocenters. The van der Waals surface area contributed by atoms with Gasteiger partial charge in [-0.3, -0.25) is 0 Å². The van der Waals surface area contributed by atoms with Crippen molar-refractivity contribution in [2.75, 3.05) is 0 Å². The van der Waals surface area contributed by atoms with Crippen molar-refractivity contribution >= 4 is 0 Å². The molecule has 0 spiro atoms. The molecule has 82 valence electrons. The number of nitrogens with two attached hydrogens (primary N) is 1. The molecule has 0 heterocycles. The lowest BCUT2D eigenvalue weighted by atomic mass is 9.79. The van der Waals surface area contributed by atoms with Gasteiger partial charge in [-0.15, -0.1) is 0 Å². The van der Waals surface area contributed by atoms with E-state index in [1.165, 1.54) is 0 Å². The Morgan fingerprint density at radius 1 is 1.33 bits per heavy atom. The van der Waals surface area contributed by atoms with Crippen molar-refractivity contribution in [2.24, 2.45) is 5.73 Å². The Labute approximate surface area is 90.5 Å². The minimum absolute atomic E-state index is 0.193. The molecule has 1 aliphatic carbocycles. The molecule has 2 heteroatoms. The largest absolute Gasteiger partial charge is 0.328 e. The van der Waals surface area contributed by atoms with E-state index >= 15 is 0 Å². The lowest BCUT2D eigenvalue weighted by Gasteiger charge is -2.33. The quantitative estimate of drug-likeness (QED) is 0.752. The van der Waals surface area contributed by atoms with Crippen LogP contribution >= 0.6 is 0 Å². The van der Waals surface area contributed by atoms with Gasteiger partial charge in [-0.1, -0.05) is 29.8 Å². The van der Waals surface area contributed by atoms with Gasteiger partial charge in [0.1, 0.15) is 5.67 Å². The van der Waals surface area contributed by atoms with Crippen molar-refractivity contribution in [1.29, 1.82) is 0 Å². The number of alkyl halides is 1. The molecule has 0 bridgehead atoms. The van der Waals surface area contributed by atoms with Crippen LogP contribution in [0.2, 0.25) is 0 Å². The van der Waals surface area contributed by atoms with Crippen LogP contribution in [0.5, 0.6) is 0 Å². The second-order valence-electron chi connectivity index (χ2n) is 4.67. The average molecular weight is 207 g/mol. The molecule has 15 heavy (non-hydrogen) atoms. The first-order valence-corrected chi connectivity index (χ1v) is 5.62. The SMILES string of the molecule is Cc1cccc(C2(F)CCC(N)CC2)c1. The van der Waals surface area contributed by atoms with Crippen molar-refractivity contribution in [3.8, 4) is 0 Å². The summed E-state index contributed by atoms with van der Waals surface area (Å²) in [6, 6.07) is 7.97. The van der Waals surface area contributed by atoms with Crippen molar-refractivity contribution in [1.82, 2.24) is 0 Å². The molecule has 0 aromatic heterocycles. The van der Waals surface area contributed by atoms with Gasteiger partial charge in [0.2, 0.25) is 0 Å². The zero-order valence-corrected chi connectivity index (χ0v) is 9.17. The first kappa shape index (κ1) is 10.6. The molecule has 0 amide bonds. The van der Waals surface area contributed by atoms with Crippen LogP contribution in [0, 0.1) is 6.92 Å². The molecule has 0 aliphatic heterocycles. The fraction of sp³-hybridized carbons (Fsp3) is 0.538. The summed E-state index contributed by atoms with van der Waals surface area (Å²) >= 11 is 0. The molecule has 1 aromatic rings. The molecule has 2 N–H and O–H groups in total. The van der Waals surface area contributed by atoms with Gasteiger partial charge in [0.05, 0.1) is 0 Å². The number of aryl methyl sites for hydroxylation is 1. The summed E-state index contributed by atoms with van der Waals surface area (Å²) in [5.74, 6) is 0. The third-order valence-corrected chi connectivity index (χ3v) is 3.36. The Balaban J connectivity index is 2.22. The van der Waals surface area contributed by atoms with Gasteiger partial charge in [-0.05, 0) is 38.2 Å². The van der Waals surface area contributed by atoms with Crippen LogP contribution in [0.4, 0.5) is 4.39 Å². The molecule has 1 aliphatic rings. The monoisotopic (exact) mass is 207 g/mol. The summed E-state index contributed by atoms with van der Waals surface area (Å²) in [4.78, 5) is 0. The number of rotatable bonds is 1. The Morgan fingerprint density at radius 2 is 2.00 bits per heavy atom. The van der Waals surface area contributed by atoms with Gasteiger partial charge < -0.3 is 5.73 Å². The Bertz CT molecular complexity index is 340. The van der Waals surface area contributed by atoms with E-state index in [2.05, 4.69) is 0 Å². The van der Waals surface area contributed by atoms with Crippen LogP contribution in [0.3, 0.4) is 0 Å². The van der Waals surface area contributed by atoms with Crippen molar-refractivity contribution in [3.63, 3.8) is 0 Å². The predicted octanol–water partition coefficient (Wildman–Crippen LogP) is 3.06. The zero-order valence-electron chi connectivity index (χ0n) is 9.17. The molecule has 1 aromatic carbocycles. The molecule has 1 fully saturated rings. The normalized spacial score (nSPS) is 31.5. The Hall–Kier alpha value is -0.890. The minimum atomic E-state index is -1.14. The molecule has 0 saturated heterocycles. The first-order valence-electron chi connectivity index (χ1n) is 5.62. The fourth-order valence-corrected chi connectivity index (χ4v) is 2.31. The zero-order chi connectivity index (χ0) is 10.9. The van der Waals surface area contributed by atoms with Crippen molar-refractivity contribution in [2.45, 2.75) is 44.3 Å². The van der Waals surface area contributed by atoms with Gasteiger partial charge in [-0.2, -0.15) is 0 Å². The minimum Gasteiger partial charge on any atom is -0.328 e. The highest BCUT2D eigenvalue weighted by atomic mass is 19.1. The van der Waals surface area contributed by atoms with Gasteiger partial charge in [0.15, 0.2) is 0 Å². The molecule has 2 rings (SSSR count). The van der Waals surface area contributed by atoms with Gasteiger partial charge in [-0.25, -0.2) is 4.39 Å². The predicted molar refractivity (Wildman–Crippen MR) is 60.4 cm³/mol. The summed E-state index contributed by atoms with van der Waals surface area (Å²) in [6.45, 7) is 2.00. The Morgan fingerprint density at radius 3 is 2.60 bits per heavy atom. The van der Waals surface area contributed by atoms with Crippen LogP contribution in [0.1, 0.15) is 36.8 Å². The van der Waals surface area contributed by atoms with E-state index in [0.29, 0.717) is 12.8 Å². The lowest BCUT2D eigenvalue weighted by molar-refractivity contribution is 0.0978. The van der Waals surface area contributed by atoms with E-state index in [0.717, 1.165) is 24.0 Å². The summed E-state index contributed by atoms with van der Waals surface area (Å²) < 4.78 is 14.6. The van der Waals surface area contributed by atoms with Gasteiger partial charge in [0.25, 0.3) is 0 Å². The van der Waals surface area contributed by atoms with Crippen LogP contribution in [0.15, 0.2) is 24.3 Å². The summed E-state index contributed by atoms with van der Waals surface area (Å²) in [5, 5.41) is 0. The highest BCUT2D eigenvalue weighted by Gasteiger charge is 2.35. The number of halogens is 1. The molecule has 0 radical (unpaired) electrons. The van der Waals surface area contributed by atoms with E-state index in [9.17, 15) is 4.39 Å². The van der Waals surface area contributed by atoms with E-state index in [4.69, 9.17) is 5.73 Å². The standard InChI is InChI=1S/C13H18FN/c1-10-3-2-4-11(9-10)13(14)7-5-12(15)6-8-13/h2-4,9,12H,5-8,15H2,1H3. The maximum atomic E-state index is 14.6. The maximum Gasteiger partial charge on any atom is 0.136 e. The molecule has 1 nitrogen and oxygen atoms in total. The highest BCUT2D eigenvalue weighted by molar-refractivity contribution is 5.28. The van der Waals surface area contributed by atoms with Crippen molar-refractivity contribution in [3.05, 3.63) is 35.4 Å². The topological polar surface area (TPSA) is 26.0 Å². The molecule has 1 saturated carbocycles. The summed E-state index contributed by atoms with van der Waals surface area (Å²) in [7, 11) is 0. The summed E-state index contributed by atoms with van der Waals surface area (Å²) in [5.41, 5.74) is 6.61. The van der Waals surface area contributed by atoms with Crippen molar-refractivity contribution < 1.29 is 4.39 Å². The second-order valence-corrected chi connectivity index (χ2v) is 4.67. The fourth-order valence-electron chi connectivity index (χ4n) is 2.31. The van der Waals surface area contributed by atoms with Crippen LogP contribution < -0.4 is 5.73 Å². The Kier molecular flexibility index (Phi) is 2.79. The maximum absolute atomic E-state index is 14.6. The molecular weight excluding hydrogens is 189 g/mol. The highest BCUT2D eigenvalue weighted by Crippen LogP contribution is 2.40. The summed E-state index contributed by atoms with van der Waals surface area (Å²) in [6.07, 6.45) is 2.73. The van der Waals surface area contributed by atoms with E-state index in [1.54, 1.807) is 0 Å². The van der Waals surface area contributed by atoms with Crippen LogP contribution in [0.25, 0.3) is 0 Å². The van der Waals surface area contributed by atoms with Gasteiger partial charge in [0, 0.05) is 6.04 Å². The smallest absolute Gasteiger partial charge is 0.136 e. The van der Waals surface area contributed by atoms with E-state index < -0.39 is 5.67 Å². The molecular formula is C13H18FN. The van der Waals surface area contributed by atoms with Crippen LogP contribution in [-0.2, 0) is 5.67 Å². The average Bonchev–Trinajstić information content (AvgIpc) is 2.23. The molecule has 0 unspecified atom stereocenters. The van der Waals surface area contributed by atoms with E-state index in [-0.39, 0.29) is 6.04 Å². The third-order valence-electron chi connectivity index (χ3n) is 3.36. The third kappa shape index (κ3) is 2.20. The second kappa shape index (κ2) is 3.93. The van der Waals surface area contributed by atoms with Gasteiger partial charge >= 0.3 is 0 Å². The van der Waals surface area contributed by atoms with Crippen LogP contribution in [-0.4, -0.2) is 6.04 Å². The van der Waals surface area contributed by atoms with E-state index in [1.807, 2.05) is 31.2 Å². The lowest BCUT2D eigenvalue weighted by Crippen LogP contribution is -2.33. The first-order chi connectivity index (χ1) is 7.10. The number of benzene rings is 1. The number of hydrogen-bond acceptors (Lipinski definition) is 1. The number of hydrogen-bond donors (Lipinski definition) is 1.